The number of fused-ring (bicyclic) bond motifs is 2. The largest absolute Gasteiger partial charge is 0.338 e. The van der Waals surface area contributed by atoms with E-state index >= 15 is 0 Å². The summed E-state index contributed by atoms with van der Waals surface area (Å²) in [7, 11) is 2.06. The summed E-state index contributed by atoms with van der Waals surface area (Å²) in [5, 5.41) is 7.17. The van der Waals surface area contributed by atoms with E-state index in [0.29, 0.717) is 22.5 Å². The molecule has 4 heterocycles. The lowest BCUT2D eigenvalue weighted by atomic mass is 10.0. The van der Waals surface area contributed by atoms with E-state index in [2.05, 4.69) is 32.1 Å². The number of piperidine rings is 1. The second-order valence-electron chi connectivity index (χ2n) is 7.82. The molecule has 2 aliphatic rings. The minimum atomic E-state index is -0.198. The van der Waals surface area contributed by atoms with Crippen LogP contribution >= 0.6 is 0 Å². The zero-order valence-electron chi connectivity index (χ0n) is 16.2. The molecule has 0 aliphatic carbocycles. The van der Waals surface area contributed by atoms with Gasteiger partial charge in [0.15, 0.2) is 0 Å². The first kappa shape index (κ1) is 17.1. The fourth-order valence-electron chi connectivity index (χ4n) is 4.37. The number of nitrogens with zero attached hydrogens (tertiary/aromatic N) is 4. The van der Waals surface area contributed by atoms with Crippen molar-refractivity contribution in [3.05, 3.63) is 34.6 Å². The average Bonchev–Trinajstić information content (AvgIpc) is 3.30. The number of rotatable bonds is 2. The summed E-state index contributed by atoms with van der Waals surface area (Å²) < 4.78 is 0. The van der Waals surface area contributed by atoms with Gasteiger partial charge in [-0.25, -0.2) is 4.98 Å². The Balaban J connectivity index is 1.54. The van der Waals surface area contributed by atoms with Crippen molar-refractivity contribution >= 4 is 22.8 Å². The van der Waals surface area contributed by atoms with Gasteiger partial charge in [-0.15, -0.1) is 0 Å². The Morgan fingerprint density at radius 3 is 2.39 bits per heavy atom. The number of aryl methyl sites for hydroxylation is 2. The summed E-state index contributed by atoms with van der Waals surface area (Å²) in [5.74, 6) is 0.300. The van der Waals surface area contributed by atoms with Crippen molar-refractivity contribution in [1.29, 1.82) is 0 Å². The first-order valence-electron chi connectivity index (χ1n) is 9.56. The highest BCUT2D eigenvalue weighted by atomic mass is 16.2. The molecule has 5 rings (SSSR count). The number of aromatic nitrogens is 4. The summed E-state index contributed by atoms with van der Waals surface area (Å²) in [4.78, 5) is 37.7. The van der Waals surface area contributed by atoms with Crippen molar-refractivity contribution in [2.45, 2.75) is 32.7 Å². The minimum Gasteiger partial charge on any atom is -0.338 e. The standard InChI is InChI=1S/C20H22N6O2/c1-10-17(11(2)24-23-10)18-21-15-8-13-14(9-16(15)22-18)20(28)26(19(13)27)12-4-6-25(3)7-5-12/h8-9,12H,4-7H2,1-3H3,(H,21,22)(H,23,24). The number of hydrogen-bond donors (Lipinski definition) is 2. The van der Waals surface area contributed by atoms with Crippen molar-refractivity contribution in [3.63, 3.8) is 0 Å². The van der Waals surface area contributed by atoms with Crippen LogP contribution in [0.5, 0.6) is 0 Å². The Bertz CT molecular complexity index is 1050. The first-order valence-corrected chi connectivity index (χ1v) is 9.56. The van der Waals surface area contributed by atoms with Gasteiger partial charge in [0, 0.05) is 11.7 Å². The van der Waals surface area contributed by atoms with Crippen LogP contribution in [0.2, 0.25) is 0 Å². The van der Waals surface area contributed by atoms with Crippen LogP contribution in [0.4, 0.5) is 0 Å². The van der Waals surface area contributed by atoms with E-state index in [9.17, 15) is 9.59 Å². The molecule has 2 N–H and O–H groups in total. The van der Waals surface area contributed by atoms with E-state index in [0.717, 1.165) is 48.4 Å². The maximum Gasteiger partial charge on any atom is 0.261 e. The van der Waals surface area contributed by atoms with E-state index < -0.39 is 0 Å². The van der Waals surface area contributed by atoms with Crippen molar-refractivity contribution < 1.29 is 9.59 Å². The van der Waals surface area contributed by atoms with Gasteiger partial charge in [-0.3, -0.25) is 19.6 Å². The van der Waals surface area contributed by atoms with E-state index in [4.69, 9.17) is 0 Å². The Morgan fingerprint density at radius 1 is 1.07 bits per heavy atom. The van der Waals surface area contributed by atoms with Crippen LogP contribution in [0.3, 0.4) is 0 Å². The van der Waals surface area contributed by atoms with Gasteiger partial charge in [0.2, 0.25) is 0 Å². The molecule has 8 nitrogen and oxygen atoms in total. The van der Waals surface area contributed by atoms with Crippen LogP contribution in [-0.2, 0) is 0 Å². The summed E-state index contributed by atoms with van der Waals surface area (Å²) in [5.41, 5.74) is 5.04. The zero-order chi connectivity index (χ0) is 19.6. The second-order valence-corrected chi connectivity index (χ2v) is 7.82. The number of carbonyl (C=O) groups excluding carboxylic acids is 2. The predicted molar refractivity (Wildman–Crippen MR) is 104 cm³/mol. The van der Waals surface area contributed by atoms with Crippen molar-refractivity contribution in [3.8, 4) is 11.4 Å². The molecular weight excluding hydrogens is 356 g/mol. The summed E-state index contributed by atoms with van der Waals surface area (Å²) in [6.45, 7) is 5.65. The van der Waals surface area contributed by atoms with Crippen LogP contribution in [-0.4, -0.2) is 68.0 Å². The molecule has 1 saturated heterocycles. The van der Waals surface area contributed by atoms with E-state index in [1.165, 1.54) is 4.90 Å². The monoisotopic (exact) mass is 378 g/mol. The third kappa shape index (κ3) is 2.41. The molecule has 0 unspecified atom stereocenters. The number of amides is 2. The molecule has 2 amide bonds. The maximum absolute atomic E-state index is 13.0. The van der Waals surface area contributed by atoms with Crippen molar-refractivity contribution in [2.75, 3.05) is 20.1 Å². The van der Waals surface area contributed by atoms with E-state index in [1.54, 1.807) is 12.1 Å². The number of hydrogen-bond acceptors (Lipinski definition) is 5. The maximum atomic E-state index is 13.0. The number of carbonyl (C=O) groups is 2. The van der Waals surface area contributed by atoms with Crippen molar-refractivity contribution in [1.82, 2.24) is 30.0 Å². The third-order valence-corrected chi connectivity index (χ3v) is 5.94. The van der Waals surface area contributed by atoms with Gasteiger partial charge in [-0.05, 0) is 59.0 Å². The fraction of sp³-hybridized carbons (Fsp3) is 0.400. The Hall–Kier alpha value is -3.00. The van der Waals surface area contributed by atoms with E-state index in [-0.39, 0.29) is 17.9 Å². The van der Waals surface area contributed by atoms with Crippen LogP contribution in [0.15, 0.2) is 12.1 Å². The highest BCUT2D eigenvalue weighted by Gasteiger charge is 2.41. The molecule has 144 valence electrons. The summed E-state index contributed by atoms with van der Waals surface area (Å²) in [6, 6.07) is 3.48. The van der Waals surface area contributed by atoms with Crippen LogP contribution < -0.4 is 0 Å². The molecule has 1 aromatic carbocycles. The van der Waals surface area contributed by atoms with Gasteiger partial charge in [-0.1, -0.05) is 0 Å². The van der Waals surface area contributed by atoms with Gasteiger partial charge >= 0.3 is 0 Å². The first-order chi connectivity index (χ1) is 13.4. The summed E-state index contributed by atoms with van der Waals surface area (Å²) >= 11 is 0. The topological polar surface area (TPSA) is 98.0 Å². The molecule has 2 aromatic heterocycles. The lowest BCUT2D eigenvalue weighted by molar-refractivity contribution is 0.0516. The molecule has 0 atom stereocenters. The van der Waals surface area contributed by atoms with Gasteiger partial charge in [-0.2, -0.15) is 5.10 Å². The quantitative estimate of drug-likeness (QED) is 0.667. The van der Waals surface area contributed by atoms with Gasteiger partial charge < -0.3 is 9.88 Å². The number of likely N-dealkylation sites (tertiary alicyclic amines) is 1. The molecule has 8 heteroatoms. The van der Waals surface area contributed by atoms with Crippen LogP contribution in [0, 0.1) is 13.8 Å². The normalized spacial score (nSPS) is 18.5. The fourth-order valence-corrected chi connectivity index (χ4v) is 4.37. The predicted octanol–water partition coefficient (Wildman–Crippen LogP) is 2.26. The molecule has 0 radical (unpaired) electrons. The van der Waals surface area contributed by atoms with Gasteiger partial charge in [0.05, 0.1) is 33.4 Å². The number of nitrogens with one attached hydrogen (secondary N) is 2. The molecule has 2 aliphatic heterocycles. The summed E-state index contributed by atoms with van der Waals surface area (Å²) in [6.07, 6.45) is 1.64. The average molecular weight is 378 g/mol. The zero-order valence-corrected chi connectivity index (χ0v) is 16.2. The Morgan fingerprint density at radius 2 is 1.75 bits per heavy atom. The molecule has 0 bridgehead atoms. The number of benzene rings is 1. The molecule has 28 heavy (non-hydrogen) atoms. The molecule has 1 fully saturated rings. The van der Waals surface area contributed by atoms with Crippen LogP contribution in [0.1, 0.15) is 44.9 Å². The third-order valence-electron chi connectivity index (χ3n) is 5.94. The van der Waals surface area contributed by atoms with Crippen molar-refractivity contribution in [2.24, 2.45) is 0 Å². The second kappa shape index (κ2) is 6.00. The van der Waals surface area contributed by atoms with Crippen LogP contribution in [0.25, 0.3) is 22.4 Å². The van der Waals surface area contributed by atoms with Gasteiger partial charge in [0.25, 0.3) is 11.8 Å². The lowest BCUT2D eigenvalue weighted by Gasteiger charge is -2.33. The van der Waals surface area contributed by atoms with E-state index in [1.807, 2.05) is 13.8 Å². The molecule has 0 spiro atoms. The Kier molecular flexibility index (Phi) is 3.67. The number of imide groups is 1. The molecule has 3 aromatic rings. The Labute approximate surface area is 161 Å². The molecular formula is C20H22N6O2. The minimum absolute atomic E-state index is 0.0262. The number of aromatic amines is 2. The van der Waals surface area contributed by atoms with Gasteiger partial charge in [0.1, 0.15) is 5.82 Å². The number of H-pyrrole nitrogens is 2. The number of imidazole rings is 1. The highest BCUT2D eigenvalue weighted by molar-refractivity contribution is 6.23. The SMILES string of the molecule is Cc1n[nH]c(C)c1-c1nc2cc3c(cc2[nH]1)C(=O)N(C1CCN(C)CC1)C3=O. The smallest absolute Gasteiger partial charge is 0.261 e. The lowest BCUT2D eigenvalue weighted by Crippen LogP contribution is -2.46. The molecule has 0 saturated carbocycles. The highest BCUT2D eigenvalue weighted by Crippen LogP contribution is 2.32.